The first-order chi connectivity index (χ1) is 37.2. The molecule has 0 fully saturated rings. The zero-order valence-electron chi connectivity index (χ0n) is 40.9. The number of nitrogens with zero attached hydrogens (tertiary/aromatic N) is 2. The van der Waals surface area contributed by atoms with E-state index in [0.717, 1.165) is 28.3 Å². The molecule has 2 heterocycles. The third-order valence-corrected chi connectivity index (χ3v) is 16.6. The molecule has 3 heteroatoms. The molecule has 0 saturated carbocycles. The highest BCUT2D eigenvalue weighted by Crippen LogP contribution is 2.44. The second-order valence-corrected chi connectivity index (χ2v) is 20.7. The molecule has 0 N–H and O–H groups in total. The summed E-state index contributed by atoms with van der Waals surface area (Å²) in [5.74, 6) is 0. The summed E-state index contributed by atoms with van der Waals surface area (Å²) in [4.78, 5) is 2.38. The van der Waals surface area contributed by atoms with Gasteiger partial charge in [0.2, 0.25) is 0 Å². The maximum atomic E-state index is 2.42. The normalized spacial score (nSPS) is 11.7. The maximum absolute atomic E-state index is 2.42. The number of para-hydroxylation sites is 3. The highest BCUT2D eigenvalue weighted by atomic mass is 32.1. The molecule has 0 aliphatic heterocycles. The molecule has 0 bridgehead atoms. The Morgan fingerprint density at radius 1 is 0.267 bits per heavy atom. The number of thiophene rings is 1. The number of hydrogen-bond donors (Lipinski definition) is 0. The average Bonchev–Trinajstić information content (AvgIpc) is 4.04. The van der Waals surface area contributed by atoms with Crippen LogP contribution in [-0.2, 0) is 0 Å². The maximum Gasteiger partial charge on any atom is 0.0541 e. The van der Waals surface area contributed by atoms with Crippen LogP contribution in [-0.4, -0.2) is 4.57 Å². The van der Waals surface area contributed by atoms with E-state index in [1.54, 1.807) is 0 Å². The summed E-state index contributed by atoms with van der Waals surface area (Å²) in [5.41, 5.74) is 16.4. The van der Waals surface area contributed by atoms with Crippen molar-refractivity contribution in [3.8, 4) is 50.2 Å². The summed E-state index contributed by atoms with van der Waals surface area (Å²) in [7, 11) is 0. The molecule has 2 nitrogen and oxygen atoms in total. The van der Waals surface area contributed by atoms with Gasteiger partial charge in [-0.1, -0.05) is 206 Å². The average molecular weight is 971 g/mol. The van der Waals surface area contributed by atoms with Gasteiger partial charge in [-0.2, -0.15) is 0 Å². The molecule has 2 aromatic heterocycles. The van der Waals surface area contributed by atoms with Gasteiger partial charge < -0.3 is 9.47 Å². The lowest BCUT2D eigenvalue weighted by molar-refractivity contribution is 1.18. The van der Waals surface area contributed by atoms with Crippen molar-refractivity contribution in [3.63, 3.8) is 0 Å². The molecule has 0 amide bonds. The van der Waals surface area contributed by atoms with Gasteiger partial charge >= 0.3 is 0 Å². The predicted octanol–water partition coefficient (Wildman–Crippen LogP) is 20.7. The summed E-state index contributed by atoms with van der Waals surface area (Å²) < 4.78 is 5.08. The van der Waals surface area contributed by atoms with Crippen LogP contribution in [0.2, 0.25) is 0 Å². The van der Waals surface area contributed by atoms with Gasteiger partial charge in [-0.25, -0.2) is 0 Å². The Balaban J connectivity index is 0.812. The molecule has 0 aliphatic carbocycles. The van der Waals surface area contributed by atoms with E-state index in [1.165, 1.54) is 113 Å². The Morgan fingerprint density at radius 2 is 0.773 bits per heavy atom. The van der Waals surface area contributed by atoms with Crippen molar-refractivity contribution in [2.24, 2.45) is 0 Å². The molecule has 0 spiro atoms. The van der Waals surface area contributed by atoms with Crippen molar-refractivity contribution in [3.05, 3.63) is 279 Å². The number of hydrogen-bond acceptors (Lipinski definition) is 2. The lowest BCUT2D eigenvalue weighted by Gasteiger charge is -2.26. The van der Waals surface area contributed by atoms with E-state index in [2.05, 4.69) is 289 Å². The molecule has 15 aromatic rings. The number of benzene rings is 13. The van der Waals surface area contributed by atoms with Crippen LogP contribution in [0.4, 0.5) is 17.1 Å². The van der Waals surface area contributed by atoms with Gasteiger partial charge in [0.05, 0.1) is 16.7 Å². The molecular formula is C72H46N2S. The minimum atomic E-state index is 1.08. The van der Waals surface area contributed by atoms with E-state index in [4.69, 9.17) is 0 Å². The van der Waals surface area contributed by atoms with Gasteiger partial charge in [-0.05, 0) is 144 Å². The van der Waals surface area contributed by atoms with Gasteiger partial charge in [0.15, 0.2) is 0 Å². The van der Waals surface area contributed by atoms with Crippen LogP contribution >= 0.6 is 11.3 Å². The van der Waals surface area contributed by atoms with Crippen molar-refractivity contribution in [1.29, 1.82) is 0 Å². The number of fused-ring (bicyclic) bond motifs is 11. The highest BCUT2D eigenvalue weighted by molar-refractivity contribution is 7.26. The Hall–Kier alpha value is -9.54. The van der Waals surface area contributed by atoms with Crippen molar-refractivity contribution in [1.82, 2.24) is 4.57 Å². The molecule has 0 saturated heterocycles. The van der Waals surface area contributed by atoms with E-state index in [9.17, 15) is 0 Å². The quantitative estimate of drug-likeness (QED) is 0.138. The zero-order chi connectivity index (χ0) is 49.4. The first-order valence-corrected chi connectivity index (χ1v) is 26.5. The largest absolute Gasteiger partial charge is 0.311 e. The monoisotopic (exact) mass is 970 g/mol. The van der Waals surface area contributed by atoms with Crippen LogP contribution in [0.15, 0.2) is 279 Å². The molecule has 350 valence electrons. The number of anilines is 3. The van der Waals surface area contributed by atoms with E-state index in [-0.39, 0.29) is 0 Å². The lowest BCUT2D eigenvalue weighted by Crippen LogP contribution is -2.09. The summed E-state index contributed by atoms with van der Waals surface area (Å²) in [6.07, 6.45) is 0. The highest BCUT2D eigenvalue weighted by Gasteiger charge is 2.19. The number of rotatable bonds is 8. The summed E-state index contributed by atoms with van der Waals surface area (Å²) >= 11 is 1.89. The van der Waals surface area contributed by atoms with Crippen LogP contribution in [0.25, 0.3) is 124 Å². The predicted molar refractivity (Wildman–Crippen MR) is 323 cm³/mol. The standard InChI is InChI=1S/C72H46N2S/c1-4-20-60-49(14-1)34-43-66-65-42-35-52(46-71(65)75-72(60)66)48-30-38-56(39-31-48)73(57-40-32-50(33-41-57)59-19-7-10-25-68(59)74-69-26-11-8-23-63(69)64-24-9-12-27-70(64)74)55-36-28-47(29-37-55)51-16-13-17-53(44-51)67-45-54-15-2-3-18-58(54)61-21-5-6-22-62(61)67/h1-46H. The first kappa shape index (κ1) is 43.1. The zero-order valence-corrected chi connectivity index (χ0v) is 41.7. The third-order valence-electron chi connectivity index (χ3n) is 15.4. The van der Waals surface area contributed by atoms with Crippen LogP contribution < -0.4 is 4.90 Å². The van der Waals surface area contributed by atoms with E-state index < -0.39 is 0 Å². The SMILES string of the molecule is c1cc(-c2ccc(N(c3ccc(-c4ccc5c(c4)sc4c6ccccc6ccc54)cc3)c3ccc(-c4ccccc4-n4c5ccccc5c5ccccc54)cc3)cc2)cc(-c2cc3ccccc3c3ccccc23)c1. The number of aromatic nitrogens is 1. The van der Waals surface area contributed by atoms with Crippen LogP contribution in [0.1, 0.15) is 0 Å². The second kappa shape index (κ2) is 17.6. The van der Waals surface area contributed by atoms with Crippen molar-refractivity contribution >= 4 is 103 Å². The topological polar surface area (TPSA) is 8.17 Å². The van der Waals surface area contributed by atoms with Crippen molar-refractivity contribution in [2.75, 3.05) is 4.90 Å². The molecule has 13 aromatic carbocycles. The molecule has 0 unspecified atom stereocenters. The van der Waals surface area contributed by atoms with Gasteiger partial charge in [0.25, 0.3) is 0 Å². The molecule has 0 radical (unpaired) electrons. The minimum Gasteiger partial charge on any atom is -0.311 e. The molecule has 0 aliphatic rings. The smallest absolute Gasteiger partial charge is 0.0541 e. The molecule has 15 rings (SSSR count). The molecule has 75 heavy (non-hydrogen) atoms. The Bertz CT molecular complexity index is 4640. The van der Waals surface area contributed by atoms with Crippen LogP contribution in [0.3, 0.4) is 0 Å². The molecule has 0 atom stereocenters. The summed E-state index contributed by atoms with van der Waals surface area (Å²) in [6, 6.07) is 103. The van der Waals surface area contributed by atoms with E-state index in [1.807, 2.05) is 11.3 Å². The van der Waals surface area contributed by atoms with Gasteiger partial charge in [0, 0.05) is 53.6 Å². The van der Waals surface area contributed by atoms with Crippen molar-refractivity contribution < 1.29 is 0 Å². The van der Waals surface area contributed by atoms with Crippen LogP contribution in [0.5, 0.6) is 0 Å². The lowest BCUT2D eigenvalue weighted by atomic mass is 9.92. The van der Waals surface area contributed by atoms with Gasteiger partial charge in [-0.15, -0.1) is 11.3 Å². The first-order valence-electron chi connectivity index (χ1n) is 25.7. The van der Waals surface area contributed by atoms with Crippen LogP contribution in [0, 0.1) is 0 Å². The Labute approximate surface area is 438 Å². The fourth-order valence-electron chi connectivity index (χ4n) is 11.8. The van der Waals surface area contributed by atoms with Gasteiger partial charge in [-0.3, -0.25) is 0 Å². The van der Waals surface area contributed by atoms with E-state index in [0.29, 0.717) is 0 Å². The minimum absolute atomic E-state index is 1.08. The second-order valence-electron chi connectivity index (χ2n) is 19.6. The summed E-state index contributed by atoms with van der Waals surface area (Å²) in [5, 5.41) is 12.8. The fourth-order valence-corrected chi connectivity index (χ4v) is 13.1. The van der Waals surface area contributed by atoms with E-state index >= 15 is 0 Å². The third kappa shape index (κ3) is 7.23. The molecular weight excluding hydrogens is 925 g/mol. The van der Waals surface area contributed by atoms with Gasteiger partial charge in [0.1, 0.15) is 0 Å². The fraction of sp³-hybridized carbons (Fsp3) is 0. The van der Waals surface area contributed by atoms with Crippen molar-refractivity contribution in [2.45, 2.75) is 0 Å². The Morgan fingerprint density at radius 3 is 1.47 bits per heavy atom. The summed E-state index contributed by atoms with van der Waals surface area (Å²) in [6.45, 7) is 0. The Kier molecular flexibility index (Phi) is 10.1.